The van der Waals surface area contributed by atoms with Crippen molar-refractivity contribution < 1.29 is 9.15 Å². The van der Waals surface area contributed by atoms with Crippen molar-refractivity contribution in [3.05, 3.63) is 69.5 Å². The maximum atomic E-state index is 6.29. The van der Waals surface area contributed by atoms with Crippen molar-refractivity contribution in [2.75, 3.05) is 7.11 Å². The van der Waals surface area contributed by atoms with Crippen molar-refractivity contribution in [1.82, 2.24) is 30.8 Å². The molecule has 174 valence electrons. The number of hydrogen-bond donors (Lipinski definition) is 2. The van der Waals surface area contributed by atoms with Crippen molar-refractivity contribution in [1.29, 1.82) is 0 Å². The predicted octanol–water partition coefficient (Wildman–Crippen LogP) is 5.85. The smallest absolute Gasteiger partial charge is 0.180 e. The Hall–Kier alpha value is -3.30. The lowest BCUT2D eigenvalue weighted by atomic mass is 9.99. The number of aromatic amines is 2. The summed E-state index contributed by atoms with van der Waals surface area (Å²) in [6.07, 6.45) is 3.98. The maximum absolute atomic E-state index is 6.29. The van der Waals surface area contributed by atoms with E-state index in [0.29, 0.717) is 12.4 Å². The van der Waals surface area contributed by atoms with E-state index in [1.807, 2.05) is 30.3 Å². The first-order chi connectivity index (χ1) is 16.7. The summed E-state index contributed by atoms with van der Waals surface area (Å²) in [7, 11) is 1.71. The molecule has 34 heavy (non-hydrogen) atoms. The Labute approximate surface area is 205 Å². The molecule has 0 saturated heterocycles. The molecule has 0 aliphatic carbocycles. The highest BCUT2D eigenvalue weighted by Gasteiger charge is 2.20. The fraction of sp³-hybridized carbons (Fsp3) is 0.280. The third kappa shape index (κ3) is 4.28. The minimum Gasteiger partial charge on any atom is -0.455 e. The van der Waals surface area contributed by atoms with Crippen LogP contribution in [0.1, 0.15) is 42.3 Å². The molecule has 0 atom stereocenters. The van der Waals surface area contributed by atoms with Crippen LogP contribution in [-0.4, -0.2) is 37.9 Å². The first kappa shape index (κ1) is 22.5. The quantitative estimate of drug-likeness (QED) is 0.252. The number of unbranched alkanes of at least 4 members (excludes halogenated alkanes) is 1. The summed E-state index contributed by atoms with van der Waals surface area (Å²) in [6.45, 7) is 2.71. The van der Waals surface area contributed by atoms with Gasteiger partial charge < -0.3 is 9.15 Å². The van der Waals surface area contributed by atoms with E-state index < -0.39 is 0 Å². The van der Waals surface area contributed by atoms with Gasteiger partial charge in [-0.2, -0.15) is 5.10 Å². The van der Waals surface area contributed by atoms with Crippen LogP contribution in [0.25, 0.3) is 33.7 Å². The summed E-state index contributed by atoms with van der Waals surface area (Å²) in [5.41, 5.74) is 7.15. The topological polar surface area (TPSA) is 106 Å². The minimum absolute atomic E-state index is 0.517. The Bertz CT molecular complexity index is 1410. The number of aryl methyl sites for hydroxylation is 1. The third-order valence-electron chi connectivity index (χ3n) is 5.94. The number of fused-ring (bicyclic) bond motifs is 1. The van der Waals surface area contributed by atoms with Gasteiger partial charge in [0.05, 0.1) is 22.5 Å². The lowest BCUT2D eigenvalue weighted by Crippen LogP contribution is -1.99. The van der Waals surface area contributed by atoms with Gasteiger partial charge in [0.15, 0.2) is 5.82 Å². The van der Waals surface area contributed by atoms with Gasteiger partial charge in [0.25, 0.3) is 0 Å². The van der Waals surface area contributed by atoms with Crippen LogP contribution in [0.15, 0.2) is 51.4 Å². The highest BCUT2D eigenvalue weighted by atomic mass is 79.9. The summed E-state index contributed by atoms with van der Waals surface area (Å²) in [5.74, 6) is 1.33. The summed E-state index contributed by atoms with van der Waals surface area (Å²) >= 11 is 3.79. The van der Waals surface area contributed by atoms with E-state index in [0.717, 1.165) is 69.4 Å². The van der Waals surface area contributed by atoms with Gasteiger partial charge in [-0.3, -0.25) is 5.10 Å². The van der Waals surface area contributed by atoms with Gasteiger partial charge in [0.1, 0.15) is 11.3 Å². The standard InChI is InChI=1S/C25H25BrN6O2/c1-3-4-9-20-18(21(14-33-2)28-27-20)12-15-10-11-22-19(13-15)23(26)24(34-22)16-7-5-6-8-17(16)25-29-31-32-30-25/h5-8,10-11,13H,3-4,9,12,14H2,1-2H3,(H,27,28)(H,29,30,31,32). The SMILES string of the molecule is CCCCc1n[nH]c(COC)c1Cc1ccc2oc(-c3ccccc3-c3nnn[nH]3)c(Br)c2c1. The minimum atomic E-state index is 0.517. The van der Waals surface area contributed by atoms with E-state index in [1.165, 1.54) is 11.1 Å². The zero-order valence-corrected chi connectivity index (χ0v) is 20.6. The van der Waals surface area contributed by atoms with Crippen LogP contribution in [-0.2, 0) is 24.2 Å². The van der Waals surface area contributed by atoms with Crippen LogP contribution in [0.2, 0.25) is 0 Å². The molecule has 0 amide bonds. The first-order valence-electron chi connectivity index (χ1n) is 11.3. The van der Waals surface area contributed by atoms with Gasteiger partial charge in [-0.25, -0.2) is 5.10 Å². The van der Waals surface area contributed by atoms with E-state index in [9.17, 15) is 0 Å². The van der Waals surface area contributed by atoms with Crippen molar-refractivity contribution in [2.45, 2.75) is 39.2 Å². The summed E-state index contributed by atoms with van der Waals surface area (Å²) in [6, 6.07) is 14.2. The largest absolute Gasteiger partial charge is 0.455 e. The molecule has 0 aliphatic rings. The van der Waals surface area contributed by atoms with Crippen LogP contribution in [0.3, 0.4) is 0 Å². The number of aromatic nitrogens is 6. The van der Waals surface area contributed by atoms with Gasteiger partial charge in [-0.15, -0.1) is 5.10 Å². The molecule has 0 radical (unpaired) electrons. The zero-order valence-electron chi connectivity index (χ0n) is 19.1. The van der Waals surface area contributed by atoms with E-state index in [1.54, 1.807) is 7.11 Å². The molecule has 3 heterocycles. The highest BCUT2D eigenvalue weighted by molar-refractivity contribution is 9.10. The van der Waals surface area contributed by atoms with Crippen LogP contribution >= 0.6 is 15.9 Å². The van der Waals surface area contributed by atoms with Crippen LogP contribution in [0, 0.1) is 0 Å². The molecular weight excluding hydrogens is 496 g/mol. The summed E-state index contributed by atoms with van der Waals surface area (Å²) in [4.78, 5) is 0. The summed E-state index contributed by atoms with van der Waals surface area (Å²) in [5, 5.41) is 23.1. The number of tetrazole rings is 1. The molecule has 3 aromatic heterocycles. The van der Waals surface area contributed by atoms with Gasteiger partial charge in [0, 0.05) is 35.6 Å². The number of methoxy groups -OCH3 is 1. The van der Waals surface area contributed by atoms with Crippen LogP contribution in [0.5, 0.6) is 0 Å². The second kappa shape index (κ2) is 9.90. The van der Waals surface area contributed by atoms with Crippen molar-refractivity contribution in [2.24, 2.45) is 0 Å². The molecule has 5 rings (SSSR count). The maximum Gasteiger partial charge on any atom is 0.180 e. The number of nitrogens with zero attached hydrogens (tertiary/aromatic N) is 4. The van der Waals surface area contributed by atoms with Crippen LogP contribution in [0.4, 0.5) is 0 Å². The fourth-order valence-corrected chi connectivity index (χ4v) is 4.83. The number of nitrogens with one attached hydrogen (secondary N) is 2. The van der Waals surface area contributed by atoms with E-state index in [2.05, 4.69) is 65.8 Å². The van der Waals surface area contributed by atoms with Crippen molar-refractivity contribution in [3.63, 3.8) is 0 Å². The second-order valence-electron chi connectivity index (χ2n) is 8.21. The average Bonchev–Trinajstić information content (AvgIpc) is 3.59. The van der Waals surface area contributed by atoms with Crippen molar-refractivity contribution >= 4 is 26.9 Å². The molecule has 0 spiro atoms. The lowest BCUT2D eigenvalue weighted by molar-refractivity contribution is 0.181. The molecule has 5 aromatic rings. The molecule has 0 unspecified atom stereocenters. The van der Waals surface area contributed by atoms with E-state index in [4.69, 9.17) is 9.15 Å². The van der Waals surface area contributed by atoms with Gasteiger partial charge in [-0.05, 0) is 56.9 Å². The highest BCUT2D eigenvalue weighted by Crippen LogP contribution is 2.41. The number of ether oxygens (including phenoxy) is 1. The molecule has 2 N–H and O–H groups in total. The number of rotatable bonds is 9. The molecule has 2 aromatic carbocycles. The molecule has 9 heteroatoms. The number of benzene rings is 2. The molecule has 0 fully saturated rings. The van der Waals surface area contributed by atoms with E-state index >= 15 is 0 Å². The van der Waals surface area contributed by atoms with Crippen LogP contribution < -0.4 is 0 Å². The normalized spacial score (nSPS) is 11.5. The Morgan fingerprint density at radius 1 is 1.09 bits per heavy atom. The third-order valence-corrected chi connectivity index (χ3v) is 6.73. The Morgan fingerprint density at radius 2 is 1.94 bits per heavy atom. The average molecular weight is 521 g/mol. The zero-order chi connectivity index (χ0) is 23.5. The first-order valence-corrected chi connectivity index (χ1v) is 12.1. The molecule has 0 aliphatic heterocycles. The lowest BCUT2D eigenvalue weighted by Gasteiger charge is -2.06. The number of halogens is 1. The Morgan fingerprint density at radius 3 is 2.71 bits per heavy atom. The number of furan rings is 1. The van der Waals surface area contributed by atoms with Crippen molar-refractivity contribution in [3.8, 4) is 22.7 Å². The fourth-order valence-electron chi connectivity index (χ4n) is 4.23. The van der Waals surface area contributed by atoms with Gasteiger partial charge in [-0.1, -0.05) is 43.7 Å². The molecular formula is C25H25BrN6O2. The van der Waals surface area contributed by atoms with E-state index in [-0.39, 0.29) is 0 Å². The predicted molar refractivity (Wildman–Crippen MR) is 133 cm³/mol. The summed E-state index contributed by atoms with van der Waals surface area (Å²) < 4.78 is 12.6. The number of hydrogen-bond acceptors (Lipinski definition) is 6. The molecule has 0 saturated carbocycles. The van der Waals surface area contributed by atoms with Gasteiger partial charge >= 0.3 is 0 Å². The monoisotopic (exact) mass is 520 g/mol. The Kier molecular flexibility index (Phi) is 6.55. The Balaban J connectivity index is 1.53. The van der Waals surface area contributed by atoms with Gasteiger partial charge in [0.2, 0.25) is 0 Å². The number of H-pyrrole nitrogens is 2. The molecule has 0 bridgehead atoms. The second-order valence-corrected chi connectivity index (χ2v) is 9.00. The molecule has 8 nitrogen and oxygen atoms in total.